The van der Waals surface area contributed by atoms with Crippen molar-refractivity contribution in [3.8, 4) is 0 Å². The quantitative estimate of drug-likeness (QED) is 0.605. The van der Waals surface area contributed by atoms with Crippen molar-refractivity contribution in [3.05, 3.63) is 45.6 Å². The van der Waals surface area contributed by atoms with Crippen molar-refractivity contribution in [2.75, 3.05) is 0 Å². The van der Waals surface area contributed by atoms with Crippen LogP contribution in [0.5, 0.6) is 0 Å². The summed E-state index contributed by atoms with van der Waals surface area (Å²) in [5.74, 6) is 1.40. The Morgan fingerprint density at radius 1 is 0.667 bits per heavy atom. The van der Waals surface area contributed by atoms with Gasteiger partial charge in [-0.25, -0.2) is 0 Å². The molecule has 0 bridgehead atoms. The van der Waals surface area contributed by atoms with Gasteiger partial charge in [0, 0.05) is 11.8 Å². The van der Waals surface area contributed by atoms with Gasteiger partial charge < -0.3 is 0 Å². The van der Waals surface area contributed by atoms with E-state index in [4.69, 9.17) is 0 Å². The fourth-order valence-corrected chi connectivity index (χ4v) is 3.57. The van der Waals surface area contributed by atoms with Crippen molar-refractivity contribution in [2.24, 2.45) is 11.8 Å². The first-order chi connectivity index (χ1) is 8.41. The molecule has 18 heavy (non-hydrogen) atoms. The molecule has 98 valence electrons. The molecule has 2 atom stereocenters. The van der Waals surface area contributed by atoms with E-state index in [2.05, 4.69) is 53.7 Å². The van der Waals surface area contributed by atoms with Gasteiger partial charge >= 0.3 is 0 Å². The van der Waals surface area contributed by atoms with Crippen LogP contribution in [0.1, 0.15) is 54.4 Å². The Morgan fingerprint density at radius 2 is 1.00 bits per heavy atom. The second-order valence-corrected chi connectivity index (χ2v) is 6.19. The maximum Gasteiger partial charge on any atom is 0.00107 e. The Balaban J connectivity index is 2.02. The highest BCUT2D eigenvalue weighted by Gasteiger charge is 2.24. The average molecular weight is 242 g/mol. The highest BCUT2D eigenvalue weighted by atomic mass is 14.3. The van der Waals surface area contributed by atoms with E-state index in [1.54, 1.807) is 22.3 Å². The zero-order valence-electron chi connectivity index (χ0n) is 12.7. The van der Waals surface area contributed by atoms with Crippen molar-refractivity contribution >= 4 is 0 Å². The second-order valence-electron chi connectivity index (χ2n) is 6.19. The normalized spacial score (nSPS) is 28.1. The highest BCUT2D eigenvalue weighted by molar-refractivity contribution is 5.41. The largest absolute Gasteiger partial charge is 0.0659 e. The summed E-state index contributed by atoms with van der Waals surface area (Å²) in [4.78, 5) is 0. The van der Waals surface area contributed by atoms with Crippen LogP contribution in [-0.4, -0.2) is 0 Å². The minimum absolute atomic E-state index is 0.700. The minimum atomic E-state index is 0.700. The van der Waals surface area contributed by atoms with E-state index in [1.807, 2.05) is 0 Å². The molecule has 0 saturated heterocycles. The summed E-state index contributed by atoms with van der Waals surface area (Å²) in [6, 6.07) is 0. The molecule has 0 fully saturated rings. The SMILES string of the molecule is CC1=CC(C)=C(C)C1CCC1C(C)=CC(C)=C1C. The summed E-state index contributed by atoms with van der Waals surface area (Å²) >= 11 is 0. The summed E-state index contributed by atoms with van der Waals surface area (Å²) in [5, 5.41) is 0. The van der Waals surface area contributed by atoms with E-state index in [0.717, 1.165) is 0 Å². The van der Waals surface area contributed by atoms with Crippen LogP contribution in [0.4, 0.5) is 0 Å². The molecular weight excluding hydrogens is 216 g/mol. The van der Waals surface area contributed by atoms with E-state index >= 15 is 0 Å². The fraction of sp³-hybridized carbons (Fsp3) is 0.556. The van der Waals surface area contributed by atoms with Crippen LogP contribution < -0.4 is 0 Å². The lowest BCUT2D eigenvalue weighted by atomic mass is 9.85. The zero-order chi connectivity index (χ0) is 13.4. The Kier molecular flexibility index (Phi) is 3.66. The molecule has 0 saturated carbocycles. The van der Waals surface area contributed by atoms with E-state index in [1.165, 1.54) is 24.0 Å². The topological polar surface area (TPSA) is 0 Å². The van der Waals surface area contributed by atoms with Gasteiger partial charge in [0.15, 0.2) is 0 Å². The predicted octanol–water partition coefficient (Wildman–Crippen LogP) is 5.59. The Labute approximate surface area is 112 Å². The van der Waals surface area contributed by atoms with Crippen molar-refractivity contribution < 1.29 is 0 Å². The van der Waals surface area contributed by atoms with Crippen LogP contribution in [0.25, 0.3) is 0 Å². The van der Waals surface area contributed by atoms with Gasteiger partial charge in [0.05, 0.1) is 0 Å². The molecule has 0 N–H and O–H groups in total. The maximum absolute atomic E-state index is 2.37. The highest BCUT2D eigenvalue weighted by Crippen LogP contribution is 2.39. The summed E-state index contributed by atoms with van der Waals surface area (Å²) in [5.41, 5.74) is 9.26. The Hall–Kier alpha value is -1.04. The summed E-state index contributed by atoms with van der Waals surface area (Å²) in [6.45, 7) is 13.7. The number of rotatable bonds is 3. The van der Waals surface area contributed by atoms with Crippen molar-refractivity contribution in [1.82, 2.24) is 0 Å². The molecule has 2 unspecified atom stereocenters. The summed E-state index contributed by atoms with van der Waals surface area (Å²) < 4.78 is 0. The Morgan fingerprint density at radius 3 is 1.22 bits per heavy atom. The van der Waals surface area contributed by atoms with Gasteiger partial charge in [0.1, 0.15) is 0 Å². The molecule has 0 aromatic rings. The van der Waals surface area contributed by atoms with Crippen LogP contribution in [0.2, 0.25) is 0 Å². The molecule has 0 aromatic carbocycles. The monoisotopic (exact) mass is 242 g/mol. The molecule has 0 amide bonds. The number of hydrogen-bond donors (Lipinski definition) is 0. The van der Waals surface area contributed by atoms with Crippen LogP contribution in [0, 0.1) is 11.8 Å². The molecular formula is C18H26. The lowest BCUT2D eigenvalue weighted by molar-refractivity contribution is 0.539. The van der Waals surface area contributed by atoms with Crippen LogP contribution in [-0.2, 0) is 0 Å². The van der Waals surface area contributed by atoms with Gasteiger partial charge in [-0.2, -0.15) is 0 Å². The summed E-state index contributed by atoms with van der Waals surface area (Å²) in [7, 11) is 0. The number of allylic oxidation sites excluding steroid dienone is 8. The van der Waals surface area contributed by atoms with Crippen molar-refractivity contribution in [2.45, 2.75) is 54.4 Å². The second kappa shape index (κ2) is 4.91. The molecule has 2 aliphatic carbocycles. The van der Waals surface area contributed by atoms with Gasteiger partial charge in [0.2, 0.25) is 0 Å². The molecule has 0 aromatic heterocycles. The van der Waals surface area contributed by atoms with Gasteiger partial charge in [-0.05, 0) is 54.4 Å². The molecule has 0 nitrogen and oxygen atoms in total. The maximum atomic E-state index is 2.37. The molecule has 0 aliphatic heterocycles. The van der Waals surface area contributed by atoms with E-state index in [9.17, 15) is 0 Å². The first-order valence-electron chi connectivity index (χ1n) is 7.13. The fourth-order valence-electron chi connectivity index (χ4n) is 3.57. The van der Waals surface area contributed by atoms with Crippen molar-refractivity contribution in [3.63, 3.8) is 0 Å². The van der Waals surface area contributed by atoms with Gasteiger partial charge in [-0.3, -0.25) is 0 Å². The molecule has 0 heterocycles. The molecule has 2 rings (SSSR count). The van der Waals surface area contributed by atoms with Crippen LogP contribution >= 0.6 is 0 Å². The first kappa shape index (κ1) is 13.4. The number of hydrogen-bond acceptors (Lipinski definition) is 0. The van der Waals surface area contributed by atoms with E-state index in [-0.39, 0.29) is 0 Å². The third-order valence-corrected chi connectivity index (χ3v) is 5.02. The molecule has 0 heteroatoms. The van der Waals surface area contributed by atoms with Crippen molar-refractivity contribution in [1.29, 1.82) is 0 Å². The lowest BCUT2D eigenvalue weighted by Gasteiger charge is -2.20. The minimum Gasteiger partial charge on any atom is -0.0659 e. The lowest BCUT2D eigenvalue weighted by Crippen LogP contribution is -2.07. The third-order valence-electron chi connectivity index (χ3n) is 5.02. The zero-order valence-corrected chi connectivity index (χ0v) is 12.7. The summed E-state index contributed by atoms with van der Waals surface area (Å²) in [6.07, 6.45) is 7.33. The standard InChI is InChI=1S/C18H26/c1-11-9-13(3)17(15(11)5)7-8-18-14(4)10-12(2)16(18)6/h9-10,17-18H,7-8H2,1-6H3. The van der Waals surface area contributed by atoms with Gasteiger partial charge in [-0.15, -0.1) is 0 Å². The van der Waals surface area contributed by atoms with Gasteiger partial charge in [0.25, 0.3) is 0 Å². The first-order valence-corrected chi connectivity index (χ1v) is 7.13. The van der Waals surface area contributed by atoms with Gasteiger partial charge in [-0.1, -0.05) is 45.6 Å². The molecule has 2 aliphatic rings. The third kappa shape index (κ3) is 2.25. The van der Waals surface area contributed by atoms with Crippen LogP contribution in [0.15, 0.2) is 45.6 Å². The smallest absolute Gasteiger partial charge is 0.00107 e. The predicted molar refractivity (Wildman–Crippen MR) is 80.5 cm³/mol. The van der Waals surface area contributed by atoms with E-state index in [0.29, 0.717) is 11.8 Å². The van der Waals surface area contributed by atoms with E-state index < -0.39 is 0 Å². The average Bonchev–Trinajstić information content (AvgIpc) is 2.67. The molecule has 0 radical (unpaired) electrons. The Bertz CT molecular complexity index is 434. The van der Waals surface area contributed by atoms with Crippen LogP contribution in [0.3, 0.4) is 0 Å². The molecule has 0 spiro atoms.